The van der Waals surface area contributed by atoms with Crippen LogP contribution in [0, 0.1) is 6.92 Å². The van der Waals surface area contributed by atoms with E-state index < -0.39 is 5.97 Å². The first-order chi connectivity index (χ1) is 5.72. The van der Waals surface area contributed by atoms with Crippen molar-refractivity contribution in [1.82, 2.24) is 5.32 Å². The summed E-state index contributed by atoms with van der Waals surface area (Å²) in [4.78, 5) is 10.5. The van der Waals surface area contributed by atoms with Crippen molar-refractivity contribution in [3.05, 3.63) is 18.6 Å². The molecule has 1 atom stereocenters. The van der Waals surface area contributed by atoms with E-state index in [4.69, 9.17) is 5.11 Å². The summed E-state index contributed by atoms with van der Waals surface area (Å²) in [6, 6.07) is -0.170. The Morgan fingerprint density at radius 1 is 1.54 bits per heavy atom. The summed E-state index contributed by atoms with van der Waals surface area (Å²) in [7, 11) is 0. The molecule has 0 bridgehead atoms. The first-order valence-corrected chi connectivity index (χ1v) is 4.25. The van der Waals surface area contributed by atoms with Crippen LogP contribution in [0.3, 0.4) is 0 Å². The lowest BCUT2D eigenvalue weighted by Gasteiger charge is -2.24. The number of carbonyl (C=O) groups is 1. The molecule has 0 aromatic heterocycles. The zero-order valence-corrected chi connectivity index (χ0v) is 8.72. The highest BCUT2D eigenvalue weighted by molar-refractivity contribution is 5.85. The van der Waals surface area contributed by atoms with Gasteiger partial charge in [-0.2, -0.15) is 0 Å². The van der Waals surface area contributed by atoms with Gasteiger partial charge in [-0.1, -0.05) is 6.08 Å². The highest BCUT2D eigenvalue weighted by atomic mass is 16.4. The smallest absolute Gasteiger partial charge is 0.331 e. The van der Waals surface area contributed by atoms with Crippen LogP contribution in [0.25, 0.3) is 0 Å². The molecule has 0 aliphatic heterocycles. The van der Waals surface area contributed by atoms with E-state index in [0.717, 1.165) is 0 Å². The molecule has 3 heteroatoms. The summed E-state index contributed by atoms with van der Waals surface area (Å²) in [5.74, 6) is -0.899. The van der Waals surface area contributed by atoms with Gasteiger partial charge in [0.2, 0.25) is 0 Å². The fourth-order valence-corrected chi connectivity index (χ4v) is 0.971. The molecule has 0 spiro atoms. The van der Waals surface area contributed by atoms with Crippen LogP contribution in [0.5, 0.6) is 0 Å². The fourth-order valence-electron chi connectivity index (χ4n) is 0.971. The lowest BCUT2D eigenvalue weighted by Crippen LogP contribution is -2.41. The van der Waals surface area contributed by atoms with E-state index in [1.54, 1.807) is 13.0 Å². The minimum Gasteiger partial charge on any atom is -0.478 e. The average Bonchev–Trinajstić information content (AvgIpc) is 1.81. The second kappa shape index (κ2) is 4.42. The minimum absolute atomic E-state index is 0.0539. The molecule has 0 heterocycles. The molecule has 0 amide bonds. The van der Waals surface area contributed by atoms with Gasteiger partial charge in [-0.15, -0.1) is 0 Å². The predicted molar refractivity (Wildman–Crippen MR) is 53.4 cm³/mol. The Kier molecular flexibility index (Phi) is 4.14. The maximum Gasteiger partial charge on any atom is 0.331 e. The first-order valence-electron chi connectivity index (χ1n) is 4.25. The normalized spacial score (nSPS) is 15.6. The van der Waals surface area contributed by atoms with Crippen molar-refractivity contribution in [3.63, 3.8) is 0 Å². The maximum atomic E-state index is 10.5. The van der Waals surface area contributed by atoms with Crippen LogP contribution < -0.4 is 5.32 Å². The lowest BCUT2D eigenvalue weighted by molar-refractivity contribution is -0.132. The Bertz CT molecular complexity index is 213. The summed E-state index contributed by atoms with van der Waals surface area (Å²) in [6.07, 6.45) is 1.60. The molecule has 0 rings (SSSR count). The quantitative estimate of drug-likeness (QED) is 0.655. The average molecular weight is 184 g/mol. The van der Waals surface area contributed by atoms with Gasteiger partial charge in [-0.3, -0.25) is 0 Å². The van der Waals surface area contributed by atoms with E-state index in [9.17, 15) is 4.79 Å². The van der Waals surface area contributed by atoms with Crippen molar-refractivity contribution in [2.75, 3.05) is 0 Å². The number of carboxylic acids is 1. The molecule has 1 radical (unpaired) electrons. The van der Waals surface area contributed by atoms with Crippen LogP contribution in [0.1, 0.15) is 27.7 Å². The summed E-state index contributed by atoms with van der Waals surface area (Å²) >= 11 is 0. The number of hydrogen-bond acceptors (Lipinski definition) is 2. The van der Waals surface area contributed by atoms with E-state index >= 15 is 0 Å². The monoisotopic (exact) mass is 184 g/mol. The van der Waals surface area contributed by atoms with Crippen LogP contribution in [-0.4, -0.2) is 22.7 Å². The first kappa shape index (κ1) is 12.2. The number of rotatable bonds is 3. The number of nitrogens with one attached hydrogen (secondary N) is 1. The van der Waals surface area contributed by atoms with Gasteiger partial charge >= 0.3 is 5.97 Å². The van der Waals surface area contributed by atoms with Crippen molar-refractivity contribution in [2.45, 2.75) is 39.3 Å². The molecule has 1 unspecified atom stereocenters. The number of carboxylic acid groups (broad SMARTS) is 1. The topological polar surface area (TPSA) is 49.3 Å². The standard InChI is InChI=1S/C10H18NO2/c1-7(9(12)13)6-8(2)11-10(3,4)5/h6,8,11H,2H2,1,3-5H3,(H,12,13). The zero-order valence-electron chi connectivity index (χ0n) is 8.72. The highest BCUT2D eigenvalue weighted by Gasteiger charge is 2.12. The fraction of sp³-hybridized carbons (Fsp3) is 0.600. The van der Waals surface area contributed by atoms with Crippen molar-refractivity contribution in [1.29, 1.82) is 0 Å². The molecule has 2 N–H and O–H groups in total. The third-order valence-corrected chi connectivity index (χ3v) is 1.41. The summed E-state index contributed by atoms with van der Waals surface area (Å²) in [5.41, 5.74) is 0.263. The van der Waals surface area contributed by atoms with E-state index in [1.165, 1.54) is 0 Å². The third-order valence-electron chi connectivity index (χ3n) is 1.41. The molecule has 3 nitrogen and oxygen atoms in total. The van der Waals surface area contributed by atoms with Gasteiger partial charge in [-0.05, 0) is 34.6 Å². The Labute approximate surface area is 79.8 Å². The number of hydrogen-bond donors (Lipinski definition) is 2. The molecular weight excluding hydrogens is 166 g/mol. The minimum atomic E-state index is -0.899. The summed E-state index contributed by atoms with van der Waals surface area (Å²) in [6.45, 7) is 11.4. The van der Waals surface area contributed by atoms with E-state index in [0.29, 0.717) is 5.57 Å². The second-order valence-electron chi connectivity index (χ2n) is 4.16. The van der Waals surface area contributed by atoms with E-state index in [-0.39, 0.29) is 11.6 Å². The van der Waals surface area contributed by atoms with Crippen LogP contribution in [0.4, 0.5) is 0 Å². The third kappa shape index (κ3) is 6.34. The Morgan fingerprint density at radius 3 is 2.31 bits per heavy atom. The molecule has 75 valence electrons. The Morgan fingerprint density at radius 2 is 2.00 bits per heavy atom. The van der Waals surface area contributed by atoms with Crippen LogP contribution in [-0.2, 0) is 4.79 Å². The van der Waals surface area contributed by atoms with Crippen molar-refractivity contribution in [2.24, 2.45) is 0 Å². The molecule has 13 heavy (non-hydrogen) atoms. The Balaban J connectivity index is 4.23. The van der Waals surface area contributed by atoms with Gasteiger partial charge in [0.1, 0.15) is 0 Å². The SMILES string of the molecule is [CH2]C(C=C(C)C(=O)O)NC(C)(C)C. The van der Waals surface area contributed by atoms with Crippen LogP contribution >= 0.6 is 0 Å². The van der Waals surface area contributed by atoms with Crippen molar-refractivity contribution < 1.29 is 9.90 Å². The molecule has 0 aromatic carbocycles. The predicted octanol–water partition coefficient (Wildman–Crippen LogP) is 1.61. The van der Waals surface area contributed by atoms with Crippen LogP contribution in [0.2, 0.25) is 0 Å². The van der Waals surface area contributed by atoms with Gasteiger partial charge in [0.05, 0.1) is 0 Å². The van der Waals surface area contributed by atoms with Gasteiger partial charge in [0.25, 0.3) is 0 Å². The van der Waals surface area contributed by atoms with E-state index in [1.807, 2.05) is 20.8 Å². The molecule has 0 aliphatic carbocycles. The zero-order chi connectivity index (χ0) is 10.6. The largest absolute Gasteiger partial charge is 0.478 e. The highest BCUT2D eigenvalue weighted by Crippen LogP contribution is 2.03. The van der Waals surface area contributed by atoms with Gasteiger partial charge in [-0.25, -0.2) is 4.79 Å². The van der Waals surface area contributed by atoms with Crippen molar-refractivity contribution in [3.8, 4) is 0 Å². The maximum absolute atomic E-state index is 10.5. The van der Waals surface area contributed by atoms with Crippen LogP contribution in [0.15, 0.2) is 11.6 Å². The van der Waals surface area contributed by atoms with Gasteiger partial charge in [0.15, 0.2) is 0 Å². The molecule has 0 aromatic rings. The van der Waals surface area contributed by atoms with Gasteiger partial charge < -0.3 is 10.4 Å². The summed E-state index contributed by atoms with van der Waals surface area (Å²) in [5, 5.41) is 11.8. The molecule has 0 aliphatic rings. The molecular formula is C10H18NO2. The van der Waals surface area contributed by atoms with Gasteiger partial charge in [0, 0.05) is 17.2 Å². The van der Waals surface area contributed by atoms with Crippen molar-refractivity contribution >= 4 is 5.97 Å². The molecule has 0 saturated carbocycles. The van der Waals surface area contributed by atoms with E-state index in [2.05, 4.69) is 12.2 Å². The summed E-state index contributed by atoms with van der Waals surface area (Å²) < 4.78 is 0. The lowest BCUT2D eigenvalue weighted by atomic mass is 10.1. The second-order valence-corrected chi connectivity index (χ2v) is 4.16. The molecule has 0 fully saturated rings. The molecule has 0 saturated heterocycles. The number of aliphatic carboxylic acids is 1. The Hall–Kier alpha value is -0.830.